The second kappa shape index (κ2) is 5.65. The Morgan fingerprint density at radius 3 is 2.60 bits per heavy atom. The van der Waals surface area contributed by atoms with Gasteiger partial charge in [0.05, 0.1) is 5.69 Å². The van der Waals surface area contributed by atoms with Crippen molar-refractivity contribution in [3.8, 4) is 24.0 Å². The topological polar surface area (TPSA) is 116 Å². The van der Waals surface area contributed by atoms with Crippen molar-refractivity contribution >= 4 is 11.4 Å². The van der Waals surface area contributed by atoms with Crippen LogP contribution in [0.2, 0.25) is 0 Å². The number of phenols is 1. The molecule has 0 saturated heterocycles. The Labute approximate surface area is 116 Å². The van der Waals surface area contributed by atoms with E-state index in [0.29, 0.717) is 11.4 Å². The van der Waals surface area contributed by atoms with E-state index in [-0.39, 0.29) is 17.0 Å². The molecule has 0 amide bonds. The minimum absolute atomic E-state index is 0.0894. The Bertz CT molecular complexity index is 684. The van der Waals surface area contributed by atoms with Crippen LogP contribution in [0, 0.1) is 34.0 Å². The zero-order valence-electron chi connectivity index (χ0n) is 10.6. The molecule has 0 spiro atoms. The Kier molecular flexibility index (Phi) is 3.75. The summed E-state index contributed by atoms with van der Waals surface area (Å²) < 4.78 is 0. The molecule has 1 aliphatic heterocycles. The fourth-order valence-corrected chi connectivity index (χ4v) is 2.11. The van der Waals surface area contributed by atoms with Crippen LogP contribution < -0.4 is 10.6 Å². The Balaban J connectivity index is 2.46. The van der Waals surface area contributed by atoms with Gasteiger partial charge in [-0.3, -0.25) is 0 Å². The van der Waals surface area contributed by atoms with Gasteiger partial charge in [-0.2, -0.15) is 15.8 Å². The standard InChI is InChI=1S/C14H11N5O/c15-6-9(7-16)12(8-17)19-11-3-4-13(20)14-10(11)2-1-5-18-14/h3-4,18-20H,1-2,5H2. The Morgan fingerprint density at radius 2 is 1.95 bits per heavy atom. The number of nitriles is 3. The van der Waals surface area contributed by atoms with E-state index in [1.54, 1.807) is 18.2 Å². The minimum atomic E-state index is -0.266. The fourth-order valence-electron chi connectivity index (χ4n) is 2.11. The third-order valence-corrected chi connectivity index (χ3v) is 3.04. The van der Waals surface area contributed by atoms with Crippen LogP contribution >= 0.6 is 0 Å². The lowest BCUT2D eigenvalue weighted by Crippen LogP contribution is -2.14. The summed E-state index contributed by atoms with van der Waals surface area (Å²) >= 11 is 0. The molecule has 6 heteroatoms. The van der Waals surface area contributed by atoms with Crippen LogP contribution in [0.3, 0.4) is 0 Å². The van der Waals surface area contributed by atoms with E-state index in [9.17, 15) is 5.11 Å². The SMILES string of the molecule is N#CC(C#N)=C(C#N)Nc1ccc(O)c2c1CCCN2. The highest BCUT2D eigenvalue weighted by atomic mass is 16.3. The lowest BCUT2D eigenvalue weighted by atomic mass is 10.0. The van der Waals surface area contributed by atoms with E-state index in [1.807, 2.05) is 6.07 Å². The van der Waals surface area contributed by atoms with Crippen molar-refractivity contribution in [2.45, 2.75) is 12.8 Å². The summed E-state index contributed by atoms with van der Waals surface area (Å²) in [6.07, 6.45) is 1.65. The van der Waals surface area contributed by atoms with Crippen LogP contribution in [0.4, 0.5) is 11.4 Å². The van der Waals surface area contributed by atoms with Gasteiger partial charge in [-0.05, 0) is 25.0 Å². The smallest absolute Gasteiger partial charge is 0.163 e. The monoisotopic (exact) mass is 265 g/mol. The second-order valence-corrected chi connectivity index (χ2v) is 4.23. The molecule has 0 radical (unpaired) electrons. The third kappa shape index (κ3) is 2.34. The molecular weight excluding hydrogens is 254 g/mol. The zero-order chi connectivity index (χ0) is 14.5. The minimum Gasteiger partial charge on any atom is -0.506 e. The quantitative estimate of drug-likeness (QED) is 0.428. The zero-order valence-corrected chi connectivity index (χ0v) is 10.6. The number of nitrogens with one attached hydrogen (secondary N) is 2. The van der Waals surface area contributed by atoms with Gasteiger partial charge in [-0.25, -0.2) is 0 Å². The number of phenolic OH excluding ortho intramolecular Hbond substituents is 1. The second-order valence-electron chi connectivity index (χ2n) is 4.23. The summed E-state index contributed by atoms with van der Waals surface area (Å²) in [5.41, 5.74) is 1.74. The molecule has 1 aromatic rings. The average molecular weight is 265 g/mol. The van der Waals surface area contributed by atoms with Crippen LogP contribution in [0.5, 0.6) is 5.75 Å². The molecule has 3 N–H and O–H groups in total. The molecule has 0 unspecified atom stereocenters. The highest BCUT2D eigenvalue weighted by Crippen LogP contribution is 2.36. The number of allylic oxidation sites excluding steroid dienone is 2. The molecular formula is C14H11N5O. The van der Waals surface area contributed by atoms with Gasteiger partial charge < -0.3 is 15.7 Å². The van der Waals surface area contributed by atoms with E-state index in [2.05, 4.69) is 10.6 Å². The van der Waals surface area contributed by atoms with E-state index in [1.165, 1.54) is 6.07 Å². The lowest BCUT2D eigenvalue weighted by Gasteiger charge is -2.22. The van der Waals surface area contributed by atoms with Gasteiger partial charge in [0.1, 0.15) is 29.7 Å². The Hall–Kier alpha value is -3.17. The number of aromatic hydroxyl groups is 1. The van der Waals surface area contributed by atoms with Crippen LogP contribution in [0.1, 0.15) is 12.0 Å². The van der Waals surface area contributed by atoms with Crippen LogP contribution in [-0.2, 0) is 6.42 Å². The molecule has 0 saturated carbocycles. The van der Waals surface area contributed by atoms with Gasteiger partial charge >= 0.3 is 0 Å². The van der Waals surface area contributed by atoms with Gasteiger partial charge in [0, 0.05) is 17.8 Å². The normalized spacial score (nSPS) is 11.8. The summed E-state index contributed by atoms with van der Waals surface area (Å²) in [5, 5.41) is 42.4. The van der Waals surface area contributed by atoms with Crippen molar-refractivity contribution in [3.63, 3.8) is 0 Å². The Morgan fingerprint density at radius 1 is 1.20 bits per heavy atom. The van der Waals surface area contributed by atoms with Gasteiger partial charge in [0.25, 0.3) is 0 Å². The van der Waals surface area contributed by atoms with Crippen molar-refractivity contribution in [2.24, 2.45) is 0 Å². The van der Waals surface area contributed by atoms with E-state index < -0.39 is 0 Å². The maximum absolute atomic E-state index is 9.80. The summed E-state index contributed by atoms with van der Waals surface area (Å²) in [4.78, 5) is 0. The molecule has 98 valence electrons. The molecule has 1 heterocycles. The number of rotatable bonds is 2. The predicted octanol–water partition coefficient (Wildman–Crippen LogP) is 1.99. The largest absolute Gasteiger partial charge is 0.506 e. The molecule has 6 nitrogen and oxygen atoms in total. The maximum Gasteiger partial charge on any atom is 0.163 e. The third-order valence-electron chi connectivity index (χ3n) is 3.04. The lowest BCUT2D eigenvalue weighted by molar-refractivity contribution is 0.475. The molecule has 0 aromatic heterocycles. The highest BCUT2D eigenvalue weighted by Gasteiger charge is 2.18. The molecule has 0 fully saturated rings. The summed E-state index contributed by atoms with van der Waals surface area (Å²) in [6.45, 7) is 0.770. The first-order chi connectivity index (χ1) is 9.71. The van der Waals surface area contributed by atoms with Crippen LogP contribution in [-0.4, -0.2) is 11.7 Å². The van der Waals surface area contributed by atoms with Crippen molar-refractivity contribution in [2.75, 3.05) is 17.2 Å². The molecule has 1 aliphatic rings. The first kappa shape index (κ1) is 13.3. The molecule has 0 aliphatic carbocycles. The van der Waals surface area contributed by atoms with E-state index in [4.69, 9.17) is 15.8 Å². The number of anilines is 2. The van der Waals surface area contributed by atoms with Crippen molar-refractivity contribution in [1.82, 2.24) is 0 Å². The molecule has 0 bridgehead atoms. The summed E-state index contributed by atoms with van der Waals surface area (Å²) in [6, 6.07) is 8.32. The first-order valence-corrected chi connectivity index (χ1v) is 6.01. The van der Waals surface area contributed by atoms with Gasteiger partial charge in [0.15, 0.2) is 5.57 Å². The van der Waals surface area contributed by atoms with Crippen LogP contribution in [0.25, 0.3) is 0 Å². The molecule has 2 rings (SSSR count). The molecule has 0 atom stereocenters. The highest BCUT2D eigenvalue weighted by molar-refractivity contribution is 5.75. The number of fused-ring (bicyclic) bond motifs is 1. The number of hydrogen-bond donors (Lipinski definition) is 3. The van der Waals surface area contributed by atoms with Crippen LogP contribution in [0.15, 0.2) is 23.4 Å². The van der Waals surface area contributed by atoms with E-state index in [0.717, 1.165) is 24.9 Å². The number of hydrogen-bond acceptors (Lipinski definition) is 6. The summed E-state index contributed by atoms with van der Waals surface area (Å²) in [7, 11) is 0. The first-order valence-electron chi connectivity index (χ1n) is 6.01. The van der Waals surface area contributed by atoms with Crippen molar-refractivity contribution < 1.29 is 5.11 Å². The fraction of sp³-hybridized carbons (Fsp3) is 0.214. The predicted molar refractivity (Wildman–Crippen MR) is 72.4 cm³/mol. The van der Waals surface area contributed by atoms with E-state index >= 15 is 0 Å². The van der Waals surface area contributed by atoms with Crippen molar-refractivity contribution in [1.29, 1.82) is 15.8 Å². The summed E-state index contributed by atoms with van der Waals surface area (Å²) in [5.74, 6) is 0.147. The number of benzene rings is 1. The van der Waals surface area contributed by atoms with Gasteiger partial charge in [0.2, 0.25) is 0 Å². The van der Waals surface area contributed by atoms with Crippen molar-refractivity contribution in [3.05, 3.63) is 29.0 Å². The molecule has 20 heavy (non-hydrogen) atoms. The average Bonchev–Trinajstić information content (AvgIpc) is 2.50. The van der Waals surface area contributed by atoms with Gasteiger partial charge in [-0.15, -0.1) is 0 Å². The van der Waals surface area contributed by atoms with Gasteiger partial charge in [-0.1, -0.05) is 0 Å². The molecule has 1 aromatic carbocycles. The number of nitrogens with zero attached hydrogens (tertiary/aromatic N) is 3. The maximum atomic E-state index is 9.80.